The first-order valence-corrected chi connectivity index (χ1v) is 10.6. The maximum absolute atomic E-state index is 13.0. The van der Waals surface area contributed by atoms with Crippen LogP contribution in [0, 0.1) is 0 Å². The van der Waals surface area contributed by atoms with Crippen LogP contribution in [-0.4, -0.2) is 47.1 Å². The van der Waals surface area contributed by atoms with Gasteiger partial charge < -0.3 is 14.3 Å². The van der Waals surface area contributed by atoms with Crippen LogP contribution in [0.3, 0.4) is 0 Å². The van der Waals surface area contributed by atoms with E-state index in [9.17, 15) is 4.79 Å². The van der Waals surface area contributed by atoms with Crippen LogP contribution in [0.4, 0.5) is 5.69 Å². The van der Waals surface area contributed by atoms with Crippen molar-refractivity contribution in [3.63, 3.8) is 0 Å². The zero-order valence-electron chi connectivity index (χ0n) is 17.5. The number of aryl methyl sites for hydroxylation is 1. The van der Waals surface area contributed by atoms with Crippen LogP contribution in [0.5, 0.6) is 0 Å². The van der Waals surface area contributed by atoms with E-state index < -0.39 is 0 Å². The van der Waals surface area contributed by atoms with Crippen molar-refractivity contribution < 1.29 is 9.32 Å². The minimum atomic E-state index is -0.169. The summed E-state index contributed by atoms with van der Waals surface area (Å²) in [7, 11) is 0. The Labute approximate surface area is 176 Å². The van der Waals surface area contributed by atoms with Crippen LogP contribution in [0.1, 0.15) is 52.8 Å². The Balaban J connectivity index is 2.08. The number of likely N-dealkylation sites (N-methyl/N-ethyl adjacent to an activating group) is 1. The lowest BCUT2D eigenvalue weighted by Crippen LogP contribution is -2.39. The molecular weight excluding hydrogens is 420 g/mol. The number of nitrogens with zero attached hydrogens (tertiary/aromatic N) is 4. The van der Waals surface area contributed by atoms with E-state index in [-0.39, 0.29) is 11.3 Å². The van der Waals surface area contributed by atoms with E-state index in [1.165, 1.54) is 0 Å². The number of halogens is 1. The van der Waals surface area contributed by atoms with Crippen LogP contribution >= 0.6 is 15.9 Å². The monoisotopic (exact) mass is 450 g/mol. The van der Waals surface area contributed by atoms with Gasteiger partial charge in [0.1, 0.15) is 0 Å². The molecule has 0 N–H and O–H groups in total. The summed E-state index contributed by atoms with van der Waals surface area (Å²) in [4.78, 5) is 21.6. The molecular formula is C21H31BrN4O2. The number of carbonyl (C=O) groups excluding carboxylic acids is 1. The van der Waals surface area contributed by atoms with Gasteiger partial charge in [-0.3, -0.25) is 4.79 Å². The molecule has 154 valence electrons. The minimum absolute atomic E-state index is 0.0563. The molecule has 0 spiro atoms. The summed E-state index contributed by atoms with van der Waals surface area (Å²) >= 11 is 3.50. The highest BCUT2D eigenvalue weighted by Crippen LogP contribution is 2.22. The van der Waals surface area contributed by atoms with Gasteiger partial charge in [-0.05, 0) is 31.3 Å². The van der Waals surface area contributed by atoms with Crippen molar-refractivity contribution in [1.82, 2.24) is 15.0 Å². The second-order valence-corrected chi connectivity index (χ2v) is 8.73. The first-order chi connectivity index (χ1) is 13.2. The summed E-state index contributed by atoms with van der Waals surface area (Å²) in [5, 5.41) is 4.04. The summed E-state index contributed by atoms with van der Waals surface area (Å²) < 4.78 is 6.29. The van der Waals surface area contributed by atoms with Crippen LogP contribution in [-0.2, 0) is 16.6 Å². The highest BCUT2D eigenvalue weighted by Gasteiger charge is 2.22. The average molecular weight is 451 g/mol. The van der Waals surface area contributed by atoms with Crippen molar-refractivity contribution in [3.8, 4) is 0 Å². The molecule has 0 radical (unpaired) electrons. The molecule has 0 atom stereocenters. The fourth-order valence-corrected chi connectivity index (χ4v) is 3.22. The molecule has 2 aromatic rings. The number of carbonyl (C=O) groups is 1. The average Bonchev–Trinajstić information content (AvgIpc) is 3.13. The van der Waals surface area contributed by atoms with Gasteiger partial charge in [0.2, 0.25) is 11.8 Å². The molecule has 0 aliphatic rings. The fourth-order valence-electron chi connectivity index (χ4n) is 2.83. The van der Waals surface area contributed by atoms with Gasteiger partial charge in [0.25, 0.3) is 0 Å². The Kier molecular flexibility index (Phi) is 8.19. The SMILES string of the molecule is CCN(CC)CCN(C(=O)CCc1nc(C(C)(C)C)no1)c1cccc(Br)c1. The molecule has 0 bridgehead atoms. The van der Waals surface area contributed by atoms with Crippen molar-refractivity contribution in [2.45, 2.75) is 52.9 Å². The molecule has 28 heavy (non-hydrogen) atoms. The smallest absolute Gasteiger partial charge is 0.227 e. The molecule has 1 aromatic heterocycles. The predicted molar refractivity (Wildman–Crippen MR) is 116 cm³/mol. The number of aromatic nitrogens is 2. The molecule has 0 saturated heterocycles. The summed E-state index contributed by atoms with van der Waals surface area (Å²) in [6, 6.07) is 7.85. The van der Waals surface area contributed by atoms with Crippen LogP contribution in [0.2, 0.25) is 0 Å². The Morgan fingerprint density at radius 1 is 1.18 bits per heavy atom. The Hall–Kier alpha value is -1.73. The van der Waals surface area contributed by atoms with Crippen molar-refractivity contribution in [3.05, 3.63) is 40.5 Å². The first kappa shape index (κ1) is 22.6. The maximum atomic E-state index is 13.0. The van der Waals surface area contributed by atoms with Gasteiger partial charge >= 0.3 is 0 Å². The van der Waals surface area contributed by atoms with E-state index in [0.717, 1.165) is 29.8 Å². The van der Waals surface area contributed by atoms with Crippen LogP contribution < -0.4 is 4.90 Å². The van der Waals surface area contributed by atoms with Crippen LogP contribution in [0.15, 0.2) is 33.3 Å². The van der Waals surface area contributed by atoms with Gasteiger partial charge in [0.05, 0.1) is 0 Å². The number of hydrogen-bond acceptors (Lipinski definition) is 5. The third kappa shape index (κ3) is 6.41. The van der Waals surface area contributed by atoms with Gasteiger partial charge in [0.15, 0.2) is 5.82 Å². The highest BCUT2D eigenvalue weighted by molar-refractivity contribution is 9.10. The zero-order valence-corrected chi connectivity index (χ0v) is 19.1. The van der Waals surface area contributed by atoms with E-state index in [4.69, 9.17) is 4.52 Å². The normalized spacial score (nSPS) is 11.8. The van der Waals surface area contributed by atoms with Crippen molar-refractivity contribution in [2.75, 3.05) is 31.1 Å². The van der Waals surface area contributed by atoms with Gasteiger partial charge in [-0.1, -0.05) is 61.8 Å². The summed E-state index contributed by atoms with van der Waals surface area (Å²) in [5.74, 6) is 1.23. The Morgan fingerprint density at radius 3 is 2.46 bits per heavy atom. The second kappa shape index (κ2) is 10.2. The van der Waals surface area contributed by atoms with E-state index in [1.54, 1.807) is 0 Å². The lowest BCUT2D eigenvalue weighted by atomic mass is 9.96. The third-order valence-electron chi connectivity index (χ3n) is 4.65. The summed E-state index contributed by atoms with van der Waals surface area (Å²) in [5.41, 5.74) is 0.727. The molecule has 2 rings (SSSR count). The largest absolute Gasteiger partial charge is 0.339 e. The molecule has 1 aromatic carbocycles. The Bertz CT molecular complexity index is 766. The molecule has 7 heteroatoms. The van der Waals surface area contributed by atoms with E-state index in [2.05, 4.69) is 44.8 Å². The van der Waals surface area contributed by atoms with E-state index in [1.807, 2.05) is 49.9 Å². The molecule has 0 aliphatic carbocycles. The van der Waals surface area contributed by atoms with Crippen molar-refractivity contribution >= 4 is 27.5 Å². The molecule has 0 saturated carbocycles. The lowest BCUT2D eigenvalue weighted by molar-refractivity contribution is -0.118. The van der Waals surface area contributed by atoms with E-state index in [0.29, 0.717) is 31.1 Å². The topological polar surface area (TPSA) is 62.5 Å². The molecule has 1 heterocycles. The van der Waals surface area contributed by atoms with E-state index >= 15 is 0 Å². The lowest BCUT2D eigenvalue weighted by Gasteiger charge is -2.26. The van der Waals surface area contributed by atoms with Crippen molar-refractivity contribution in [2.24, 2.45) is 0 Å². The molecule has 0 fully saturated rings. The molecule has 6 nitrogen and oxygen atoms in total. The van der Waals surface area contributed by atoms with Gasteiger partial charge in [0, 0.05) is 41.5 Å². The number of anilines is 1. The van der Waals surface area contributed by atoms with Gasteiger partial charge in [-0.15, -0.1) is 0 Å². The summed E-state index contributed by atoms with van der Waals surface area (Å²) in [6.45, 7) is 13.8. The zero-order chi connectivity index (χ0) is 20.7. The first-order valence-electron chi connectivity index (χ1n) is 9.86. The predicted octanol–water partition coefficient (Wildman–Crippen LogP) is 4.44. The van der Waals surface area contributed by atoms with Gasteiger partial charge in [-0.2, -0.15) is 4.98 Å². The number of benzene rings is 1. The number of rotatable bonds is 9. The Morgan fingerprint density at radius 2 is 1.89 bits per heavy atom. The standard InChI is InChI=1S/C21H31BrN4O2/c1-6-25(7-2)13-14-26(17-10-8-9-16(22)15-17)19(27)12-11-18-23-20(24-28-18)21(3,4)5/h8-10,15H,6-7,11-14H2,1-5H3. The molecule has 0 aliphatic heterocycles. The molecule has 0 unspecified atom stereocenters. The fraction of sp³-hybridized carbons (Fsp3) is 0.571. The maximum Gasteiger partial charge on any atom is 0.227 e. The number of hydrogen-bond donors (Lipinski definition) is 0. The minimum Gasteiger partial charge on any atom is -0.339 e. The second-order valence-electron chi connectivity index (χ2n) is 7.81. The quantitative estimate of drug-likeness (QED) is 0.564. The van der Waals surface area contributed by atoms with Crippen molar-refractivity contribution in [1.29, 1.82) is 0 Å². The van der Waals surface area contributed by atoms with Crippen LogP contribution in [0.25, 0.3) is 0 Å². The summed E-state index contributed by atoms with van der Waals surface area (Å²) in [6.07, 6.45) is 0.772. The molecule has 1 amide bonds. The third-order valence-corrected chi connectivity index (χ3v) is 5.14. The number of amides is 1. The highest BCUT2D eigenvalue weighted by atomic mass is 79.9. The van der Waals surface area contributed by atoms with Gasteiger partial charge in [-0.25, -0.2) is 0 Å².